The first-order chi connectivity index (χ1) is 15.9. The van der Waals surface area contributed by atoms with Crippen LogP contribution in [0.5, 0.6) is 0 Å². The molecule has 0 saturated heterocycles. The van der Waals surface area contributed by atoms with Crippen molar-refractivity contribution in [2.45, 2.75) is 13.3 Å². The molecule has 4 aromatic rings. The van der Waals surface area contributed by atoms with Crippen molar-refractivity contribution in [1.82, 2.24) is 9.78 Å². The highest BCUT2D eigenvalue weighted by Crippen LogP contribution is 2.26. The summed E-state index contributed by atoms with van der Waals surface area (Å²) in [5.74, 6) is -0.359. The van der Waals surface area contributed by atoms with Crippen molar-refractivity contribution in [1.29, 1.82) is 0 Å². The van der Waals surface area contributed by atoms with E-state index in [1.807, 2.05) is 30.3 Å². The van der Waals surface area contributed by atoms with E-state index in [0.717, 1.165) is 5.69 Å². The van der Waals surface area contributed by atoms with Crippen LogP contribution in [-0.4, -0.2) is 26.4 Å². The first kappa shape index (κ1) is 21.6. The number of nitrogens with one attached hydrogen (secondary N) is 1. The molecule has 0 aliphatic heterocycles. The first-order valence-electron chi connectivity index (χ1n) is 10.2. The van der Waals surface area contributed by atoms with Crippen LogP contribution in [0.3, 0.4) is 0 Å². The van der Waals surface area contributed by atoms with Gasteiger partial charge in [0.2, 0.25) is 5.91 Å². The molecule has 1 heterocycles. The summed E-state index contributed by atoms with van der Waals surface area (Å²) in [5, 5.41) is 18.5. The van der Waals surface area contributed by atoms with Gasteiger partial charge in [-0.3, -0.25) is 19.7 Å². The number of benzene rings is 3. The largest absolute Gasteiger partial charge is 0.326 e. The molecular weight excluding hydrogens is 420 g/mol. The van der Waals surface area contributed by atoms with E-state index < -0.39 is 4.92 Å². The summed E-state index contributed by atoms with van der Waals surface area (Å²) < 4.78 is 1.68. The normalized spacial score (nSPS) is 10.6. The zero-order chi connectivity index (χ0) is 23.4. The van der Waals surface area contributed by atoms with E-state index in [1.165, 1.54) is 19.1 Å². The number of hydrogen-bond acceptors (Lipinski definition) is 5. The number of Topliss-reactive ketones (excluding diaryl/α,β-unsaturated/α-hetero) is 1. The SMILES string of the molecule is CC(=O)c1cccc(NC(=O)Cc2cn(-c3ccccc3)nc2-c2ccc([N+](=O)[O-])cc2)c1. The quantitative estimate of drug-likeness (QED) is 0.252. The molecule has 0 unspecified atom stereocenters. The second kappa shape index (κ2) is 9.27. The number of carbonyl (C=O) groups excluding carboxylic acids is 2. The van der Waals surface area contributed by atoms with Gasteiger partial charge in [0.25, 0.3) is 5.69 Å². The lowest BCUT2D eigenvalue weighted by Gasteiger charge is -2.07. The highest BCUT2D eigenvalue weighted by Gasteiger charge is 2.17. The Labute approximate surface area is 189 Å². The Bertz CT molecular complexity index is 1330. The monoisotopic (exact) mass is 440 g/mol. The minimum absolute atomic E-state index is 0.0223. The number of para-hydroxylation sites is 1. The lowest BCUT2D eigenvalue weighted by atomic mass is 10.1. The molecule has 8 heteroatoms. The fourth-order valence-corrected chi connectivity index (χ4v) is 3.43. The first-order valence-corrected chi connectivity index (χ1v) is 10.2. The molecule has 33 heavy (non-hydrogen) atoms. The Balaban J connectivity index is 1.65. The van der Waals surface area contributed by atoms with Gasteiger partial charge in [0.15, 0.2) is 5.78 Å². The number of nitro groups is 1. The van der Waals surface area contributed by atoms with Gasteiger partial charge < -0.3 is 5.32 Å². The molecule has 0 aliphatic rings. The Morgan fingerprint density at radius 1 is 1.00 bits per heavy atom. The topological polar surface area (TPSA) is 107 Å². The van der Waals surface area contributed by atoms with E-state index in [2.05, 4.69) is 10.4 Å². The average molecular weight is 440 g/mol. The summed E-state index contributed by atoms with van der Waals surface area (Å²) in [6, 6.07) is 22.3. The van der Waals surface area contributed by atoms with Gasteiger partial charge in [0.05, 0.1) is 22.7 Å². The van der Waals surface area contributed by atoms with E-state index in [4.69, 9.17) is 0 Å². The number of rotatable bonds is 7. The number of nitrogens with zero attached hydrogens (tertiary/aromatic N) is 3. The Morgan fingerprint density at radius 2 is 1.73 bits per heavy atom. The van der Waals surface area contributed by atoms with Crippen molar-refractivity contribution in [2.75, 3.05) is 5.32 Å². The molecule has 0 fully saturated rings. The summed E-state index contributed by atoms with van der Waals surface area (Å²) in [6.07, 6.45) is 1.81. The van der Waals surface area contributed by atoms with Crippen LogP contribution in [0.25, 0.3) is 16.9 Å². The van der Waals surface area contributed by atoms with Crippen molar-refractivity contribution in [3.8, 4) is 16.9 Å². The van der Waals surface area contributed by atoms with Crippen LogP contribution in [-0.2, 0) is 11.2 Å². The molecular formula is C25H20N4O4. The molecule has 8 nitrogen and oxygen atoms in total. The molecule has 1 amide bonds. The zero-order valence-corrected chi connectivity index (χ0v) is 17.8. The summed E-state index contributed by atoms with van der Waals surface area (Å²) in [5.41, 5.74) is 3.72. The maximum Gasteiger partial charge on any atom is 0.269 e. The van der Waals surface area contributed by atoms with Crippen LogP contribution in [0.2, 0.25) is 0 Å². The number of nitro benzene ring substituents is 1. The molecule has 1 aromatic heterocycles. The van der Waals surface area contributed by atoms with Crippen molar-refractivity contribution < 1.29 is 14.5 Å². The summed E-state index contributed by atoms with van der Waals surface area (Å²) in [4.78, 5) is 35.0. The third kappa shape index (κ3) is 5.01. The van der Waals surface area contributed by atoms with E-state index in [-0.39, 0.29) is 23.8 Å². The number of carbonyl (C=O) groups is 2. The number of aromatic nitrogens is 2. The maximum atomic E-state index is 12.8. The minimum Gasteiger partial charge on any atom is -0.326 e. The van der Waals surface area contributed by atoms with Crippen LogP contribution in [0.1, 0.15) is 22.8 Å². The number of ketones is 1. The van der Waals surface area contributed by atoms with E-state index in [0.29, 0.717) is 28.1 Å². The second-order valence-electron chi connectivity index (χ2n) is 7.45. The molecule has 0 bridgehead atoms. The predicted octanol–water partition coefficient (Wildman–Crippen LogP) is 4.83. The van der Waals surface area contributed by atoms with Gasteiger partial charge in [-0.05, 0) is 43.3 Å². The molecule has 0 spiro atoms. The van der Waals surface area contributed by atoms with Crippen molar-refractivity contribution >= 4 is 23.1 Å². The van der Waals surface area contributed by atoms with Gasteiger partial charge in [-0.1, -0.05) is 30.3 Å². The van der Waals surface area contributed by atoms with Gasteiger partial charge in [0.1, 0.15) is 0 Å². The van der Waals surface area contributed by atoms with Gasteiger partial charge in [0, 0.05) is 40.7 Å². The number of anilines is 1. The highest BCUT2D eigenvalue weighted by atomic mass is 16.6. The van der Waals surface area contributed by atoms with Gasteiger partial charge in [-0.25, -0.2) is 4.68 Å². The molecule has 1 N–H and O–H groups in total. The molecule has 0 atom stereocenters. The average Bonchev–Trinajstić information content (AvgIpc) is 3.23. The van der Waals surface area contributed by atoms with Crippen LogP contribution in [0, 0.1) is 10.1 Å². The lowest BCUT2D eigenvalue weighted by Crippen LogP contribution is -2.15. The molecule has 3 aromatic carbocycles. The molecule has 0 radical (unpaired) electrons. The second-order valence-corrected chi connectivity index (χ2v) is 7.45. The Hall–Kier alpha value is -4.59. The Kier molecular flexibility index (Phi) is 6.08. The molecule has 0 aliphatic carbocycles. The molecule has 164 valence electrons. The standard InChI is InChI=1S/C25H20N4O4/c1-17(30)19-6-5-7-21(14-19)26-24(31)15-20-16-28(22-8-3-2-4-9-22)27-25(20)18-10-12-23(13-11-18)29(32)33/h2-14,16H,15H2,1H3,(H,26,31). The fourth-order valence-electron chi connectivity index (χ4n) is 3.43. The third-order valence-electron chi connectivity index (χ3n) is 5.07. The number of non-ortho nitro benzene ring substituents is 1. The van der Waals surface area contributed by atoms with Gasteiger partial charge >= 0.3 is 0 Å². The zero-order valence-electron chi connectivity index (χ0n) is 17.8. The maximum absolute atomic E-state index is 12.8. The Morgan fingerprint density at radius 3 is 2.39 bits per heavy atom. The van der Waals surface area contributed by atoms with Crippen molar-refractivity contribution in [3.63, 3.8) is 0 Å². The van der Waals surface area contributed by atoms with Crippen LogP contribution < -0.4 is 5.32 Å². The minimum atomic E-state index is -0.462. The molecule has 0 saturated carbocycles. The lowest BCUT2D eigenvalue weighted by molar-refractivity contribution is -0.384. The van der Waals surface area contributed by atoms with E-state index in [1.54, 1.807) is 47.3 Å². The van der Waals surface area contributed by atoms with Gasteiger partial charge in [-0.15, -0.1) is 0 Å². The van der Waals surface area contributed by atoms with Crippen LogP contribution in [0.4, 0.5) is 11.4 Å². The van der Waals surface area contributed by atoms with Crippen molar-refractivity contribution in [2.24, 2.45) is 0 Å². The highest BCUT2D eigenvalue weighted by molar-refractivity contribution is 5.97. The number of amides is 1. The number of hydrogen-bond donors (Lipinski definition) is 1. The summed E-state index contributed by atoms with van der Waals surface area (Å²) in [6.45, 7) is 1.47. The smallest absolute Gasteiger partial charge is 0.269 e. The summed E-state index contributed by atoms with van der Waals surface area (Å²) in [7, 11) is 0. The molecule has 4 rings (SSSR count). The van der Waals surface area contributed by atoms with E-state index >= 15 is 0 Å². The van der Waals surface area contributed by atoms with Crippen LogP contribution in [0.15, 0.2) is 85.1 Å². The predicted molar refractivity (Wildman–Crippen MR) is 124 cm³/mol. The van der Waals surface area contributed by atoms with Gasteiger partial charge in [-0.2, -0.15) is 5.10 Å². The van der Waals surface area contributed by atoms with Crippen LogP contribution >= 0.6 is 0 Å². The van der Waals surface area contributed by atoms with E-state index in [9.17, 15) is 19.7 Å². The third-order valence-corrected chi connectivity index (χ3v) is 5.07. The summed E-state index contributed by atoms with van der Waals surface area (Å²) >= 11 is 0. The fraction of sp³-hybridized carbons (Fsp3) is 0.0800. The van der Waals surface area contributed by atoms with Crippen molar-refractivity contribution in [3.05, 3.63) is 106 Å².